The van der Waals surface area contributed by atoms with Gasteiger partial charge in [-0.1, -0.05) is 38.1 Å². The Balaban J connectivity index is 2.33. The zero-order valence-electron chi connectivity index (χ0n) is 13.7. The van der Waals surface area contributed by atoms with E-state index in [1.807, 2.05) is 26.0 Å². The van der Waals surface area contributed by atoms with E-state index in [1.54, 1.807) is 0 Å². The highest BCUT2D eigenvalue weighted by Crippen LogP contribution is 2.09. The lowest BCUT2D eigenvalue weighted by Crippen LogP contribution is -2.14. The molecule has 0 aromatic heterocycles. The highest BCUT2D eigenvalue weighted by atomic mass is 16.5. The molecule has 0 N–H and O–H groups in total. The first-order chi connectivity index (χ1) is 9.99. The van der Waals surface area contributed by atoms with Crippen molar-refractivity contribution in [2.75, 3.05) is 13.2 Å². The molecule has 0 fully saturated rings. The minimum absolute atomic E-state index is 0.0392. The third kappa shape index (κ3) is 7.98. The van der Waals surface area contributed by atoms with Gasteiger partial charge in [-0.15, -0.1) is 0 Å². The molecule has 1 rings (SSSR count). The van der Waals surface area contributed by atoms with E-state index in [2.05, 4.69) is 26.0 Å². The Morgan fingerprint density at radius 1 is 1.14 bits per heavy atom. The smallest absolute Gasteiger partial charge is 0.160 e. The lowest BCUT2D eigenvalue weighted by molar-refractivity contribution is -0.126. The Morgan fingerprint density at radius 2 is 1.86 bits per heavy atom. The van der Waals surface area contributed by atoms with Gasteiger partial charge in [-0.3, -0.25) is 4.79 Å². The van der Waals surface area contributed by atoms with Crippen molar-refractivity contribution >= 4 is 5.78 Å². The first-order valence-electron chi connectivity index (χ1n) is 7.79. The SMILES string of the molecule is CC(C)OCCCc1cccc(COCC(=O)C(C)C)c1. The molecule has 3 nitrogen and oxygen atoms in total. The molecule has 0 saturated heterocycles. The van der Waals surface area contributed by atoms with Crippen LogP contribution in [0.25, 0.3) is 0 Å². The third-order valence-electron chi connectivity index (χ3n) is 3.21. The van der Waals surface area contributed by atoms with Crippen LogP contribution in [0, 0.1) is 5.92 Å². The van der Waals surface area contributed by atoms with Crippen LogP contribution >= 0.6 is 0 Å². The standard InChI is InChI=1S/C18H28O3/c1-14(2)18(19)13-20-12-17-8-5-7-16(11-17)9-6-10-21-15(3)4/h5,7-8,11,14-15H,6,9-10,12-13H2,1-4H3. The number of ether oxygens (including phenoxy) is 2. The van der Waals surface area contributed by atoms with Gasteiger partial charge in [-0.25, -0.2) is 0 Å². The Kier molecular flexibility index (Phi) is 8.24. The fourth-order valence-corrected chi connectivity index (χ4v) is 1.91. The molecule has 0 unspecified atom stereocenters. The summed E-state index contributed by atoms with van der Waals surface area (Å²) in [5.74, 6) is 0.189. The van der Waals surface area contributed by atoms with Crippen LogP contribution < -0.4 is 0 Å². The van der Waals surface area contributed by atoms with Crippen molar-refractivity contribution in [1.29, 1.82) is 0 Å². The number of benzene rings is 1. The van der Waals surface area contributed by atoms with E-state index < -0.39 is 0 Å². The number of carbonyl (C=O) groups is 1. The lowest BCUT2D eigenvalue weighted by Gasteiger charge is -2.09. The summed E-state index contributed by atoms with van der Waals surface area (Å²) in [6.45, 7) is 9.38. The van der Waals surface area contributed by atoms with Gasteiger partial charge in [0.2, 0.25) is 0 Å². The molecule has 1 aromatic carbocycles. The molecular weight excluding hydrogens is 264 g/mol. The van der Waals surface area contributed by atoms with E-state index in [0.29, 0.717) is 12.7 Å². The number of ketones is 1. The van der Waals surface area contributed by atoms with Crippen LogP contribution in [0.3, 0.4) is 0 Å². The van der Waals surface area contributed by atoms with Crippen molar-refractivity contribution in [1.82, 2.24) is 0 Å². The lowest BCUT2D eigenvalue weighted by atomic mass is 10.1. The van der Waals surface area contributed by atoms with Crippen molar-refractivity contribution in [3.05, 3.63) is 35.4 Å². The molecule has 0 aliphatic heterocycles. The van der Waals surface area contributed by atoms with Gasteiger partial charge in [0.1, 0.15) is 6.61 Å². The second-order valence-corrected chi connectivity index (χ2v) is 5.96. The third-order valence-corrected chi connectivity index (χ3v) is 3.21. The average molecular weight is 292 g/mol. The van der Waals surface area contributed by atoms with Crippen LogP contribution in [0.5, 0.6) is 0 Å². The van der Waals surface area contributed by atoms with Gasteiger partial charge in [-0.2, -0.15) is 0 Å². The van der Waals surface area contributed by atoms with Crippen LogP contribution in [-0.4, -0.2) is 25.1 Å². The van der Waals surface area contributed by atoms with Crippen LogP contribution in [0.2, 0.25) is 0 Å². The number of carbonyl (C=O) groups excluding carboxylic acids is 1. The zero-order valence-corrected chi connectivity index (χ0v) is 13.7. The van der Waals surface area contributed by atoms with Gasteiger partial charge in [0.05, 0.1) is 12.7 Å². The van der Waals surface area contributed by atoms with Crippen molar-refractivity contribution in [2.24, 2.45) is 5.92 Å². The molecule has 1 aromatic rings. The van der Waals surface area contributed by atoms with Crippen molar-refractivity contribution in [3.63, 3.8) is 0 Å². The minimum atomic E-state index is 0.0392. The Hall–Kier alpha value is -1.19. The summed E-state index contributed by atoms with van der Waals surface area (Å²) in [6, 6.07) is 8.35. The molecule has 0 radical (unpaired) electrons. The van der Waals surface area contributed by atoms with E-state index in [0.717, 1.165) is 25.0 Å². The topological polar surface area (TPSA) is 35.5 Å². The number of hydrogen-bond acceptors (Lipinski definition) is 3. The molecule has 0 spiro atoms. The highest BCUT2D eigenvalue weighted by Gasteiger charge is 2.07. The van der Waals surface area contributed by atoms with Crippen LogP contribution in [-0.2, 0) is 27.3 Å². The molecule has 0 saturated carbocycles. The first-order valence-corrected chi connectivity index (χ1v) is 7.79. The molecule has 0 atom stereocenters. The number of rotatable bonds is 10. The van der Waals surface area contributed by atoms with Gasteiger partial charge >= 0.3 is 0 Å². The normalized spacial score (nSPS) is 11.3. The molecule has 0 amide bonds. The Bertz CT molecular complexity index is 424. The van der Waals surface area contributed by atoms with Crippen LogP contribution in [0.1, 0.15) is 45.2 Å². The largest absolute Gasteiger partial charge is 0.379 e. The molecular formula is C18H28O3. The van der Waals surface area contributed by atoms with Crippen molar-refractivity contribution in [2.45, 2.75) is 53.2 Å². The van der Waals surface area contributed by atoms with Gasteiger partial charge in [-0.05, 0) is 37.8 Å². The van der Waals surface area contributed by atoms with E-state index in [4.69, 9.17) is 9.47 Å². The molecule has 0 aliphatic carbocycles. The molecule has 118 valence electrons. The summed E-state index contributed by atoms with van der Waals surface area (Å²) < 4.78 is 11.0. The number of Topliss-reactive ketones (excluding diaryl/α,β-unsaturated/α-hetero) is 1. The highest BCUT2D eigenvalue weighted by molar-refractivity contribution is 5.81. The van der Waals surface area contributed by atoms with E-state index in [9.17, 15) is 4.79 Å². The second-order valence-electron chi connectivity index (χ2n) is 5.96. The maximum absolute atomic E-state index is 11.5. The zero-order chi connectivity index (χ0) is 15.7. The predicted octanol–water partition coefficient (Wildman–Crippen LogP) is 3.79. The molecule has 0 aliphatic rings. The van der Waals surface area contributed by atoms with Gasteiger partial charge in [0.25, 0.3) is 0 Å². The molecule has 0 bridgehead atoms. The van der Waals surface area contributed by atoms with E-state index in [-0.39, 0.29) is 18.3 Å². The van der Waals surface area contributed by atoms with E-state index in [1.165, 1.54) is 5.56 Å². The quantitative estimate of drug-likeness (QED) is 0.616. The van der Waals surface area contributed by atoms with Crippen LogP contribution in [0.4, 0.5) is 0 Å². The Morgan fingerprint density at radius 3 is 2.52 bits per heavy atom. The summed E-state index contributed by atoms with van der Waals surface area (Å²) in [7, 11) is 0. The first kappa shape index (κ1) is 17.9. The van der Waals surface area contributed by atoms with Crippen molar-refractivity contribution in [3.8, 4) is 0 Å². The summed E-state index contributed by atoms with van der Waals surface area (Å²) in [4.78, 5) is 11.5. The predicted molar refractivity (Wildman–Crippen MR) is 85.4 cm³/mol. The fourth-order valence-electron chi connectivity index (χ4n) is 1.91. The Labute approximate surface area is 128 Å². The molecule has 0 heterocycles. The second kappa shape index (κ2) is 9.69. The molecule has 21 heavy (non-hydrogen) atoms. The number of hydrogen-bond donors (Lipinski definition) is 0. The van der Waals surface area contributed by atoms with Gasteiger partial charge in [0, 0.05) is 12.5 Å². The summed E-state index contributed by atoms with van der Waals surface area (Å²) in [6.07, 6.45) is 2.32. The average Bonchev–Trinajstić information content (AvgIpc) is 2.43. The van der Waals surface area contributed by atoms with Crippen molar-refractivity contribution < 1.29 is 14.3 Å². The monoisotopic (exact) mass is 292 g/mol. The maximum Gasteiger partial charge on any atom is 0.160 e. The van der Waals surface area contributed by atoms with Gasteiger partial charge < -0.3 is 9.47 Å². The summed E-state index contributed by atoms with van der Waals surface area (Å²) >= 11 is 0. The fraction of sp³-hybridized carbons (Fsp3) is 0.611. The minimum Gasteiger partial charge on any atom is -0.379 e. The van der Waals surface area contributed by atoms with E-state index >= 15 is 0 Å². The van der Waals surface area contributed by atoms with Gasteiger partial charge in [0.15, 0.2) is 5.78 Å². The van der Waals surface area contributed by atoms with Crippen LogP contribution in [0.15, 0.2) is 24.3 Å². The summed E-state index contributed by atoms with van der Waals surface area (Å²) in [5.41, 5.74) is 2.41. The maximum atomic E-state index is 11.5. The summed E-state index contributed by atoms with van der Waals surface area (Å²) in [5, 5.41) is 0. The molecule has 3 heteroatoms. The number of aryl methyl sites for hydroxylation is 1.